The van der Waals surface area contributed by atoms with Gasteiger partial charge in [0, 0.05) is 49.5 Å². The molecule has 248 valence electrons. The van der Waals surface area contributed by atoms with E-state index in [-0.39, 0.29) is 0 Å². The summed E-state index contributed by atoms with van der Waals surface area (Å²) in [5.41, 5.74) is 9.17. The van der Waals surface area contributed by atoms with Gasteiger partial charge >= 0.3 is 0 Å². The van der Waals surface area contributed by atoms with E-state index in [2.05, 4.69) is 83.4 Å². The number of hydrogen-bond acceptors (Lipinski definition) is 5. The summed E-state index contributed by atoms with van der Waals surface area (Å²) >= 11 is 0. The second kappa shape index (κ2) is 11.6. The number of furan rings is 2. The first-order valence-corrected chi connectivity index (χ1v) is 17.6. The number of hydrogen-bond donors (Lipinski definition) is 0. The second-order valence-electron chi connectivity index (χ2n) is 13.2. The first kappa shape index (κ1) is 29.4. The average Bonchev–Trinajstić information content (AvgIpc) is 3.94. The van der Waals surface area contributed by atoms with Crippen LogP contribution < -0.4 is 0 Å². The molecule has 4 aromatic heterocycles. The van der Waals surface area contributed by atoms with Crippen LogP contribution in [0.5, 0.6) is 0 Å². The number of fused-ring (bicyclic) bond motifs is 10. The number of aromatic nitrogens is 4. The van der Waals surface area contributed by atoms with Crippen molar-refractivity contribution in [1.29, 1.82) is 0 Å². The van der Waals surface area contributed by atoms with Crippen LogP contribution in [0.2, 0.25) is 0 Å². The smallest absolute Gasteiger partial charge is 0.164 e. The monoisotopic (exact) mass is 680 g/mol. The summed E-state index contributed by atoms with van der Waals surface area (Å²) in [7, 11) is 0. The summed E-state index contributed by atoms with van der Waals surface area (Å²) in [6, 6.07) is 57.7. The highest BCUT2D eigenvalue weighted by atomic mass is 16.3. The van der Waals surface area contributed by atoms with Gasteiger partial charge in [-0.1, -0.05) is 140 Å². The fourth-order valence-electron chi connectivity index (χ4n) is 7.66. The van der Waals surface area contributed by atoms with Gasteiger partial charge in [-0.15, -0.1) is 0 Å². The molecule has 0 fully saturated rings. The van der Waals surface area contributed by atoms with E-state index in [9.17, 15) is 0 Å². The summed E-state index contributed by atoms with van der Waals surface area (Å²) in [5, 5.41) is 5.19. The fourth-order valence-corrected chi connectivity index (χ4v) is 7.66. The molecule has 11 rings (SSSR count). The number of nitrogens with zero attached hydrogens (tertiary/aromatic N) is 4. The number of para-hydroxylation sites is 2. The zero-order valence-corrected chi connectivity index (χ0v) is 28.3. The highest BCUT2D eigenvalue weighted by molar-refractivity contribution is 6.34. The van der Waals surface area contributed by atoms with Gasteiger partial charge < -0.3 is 13.4 Å². The molecule has 53 heavy (non-hydrogen) atoms. The first-order valence-electron chi connectivity index (χ1n) is 17.6. The van der Waals surface area contributed by atoms with E-state index < -0.39 is 0 Å². The molecule has 0 aliphatic rings. The van der Waals surface area contributed by atoms with Crippen LogP contribution in [0.15, 0.2) is 179 Å². The molecule has 6 heteroatoms. The van der Waals surface area contributed by atoms with Gasteiger partial charge in [0.1, 0.15) is 22.4 Å². The summed E-state index contributed by atoms with van der Waals surface area (Å²) in [4.78, 5) is 15.0. The van der Waals surface area contributed by atoms with E-state index in [0.29, 0.717) is 17.5 Å². The Kier molecular flexibility index (Phi) is 6.45. The van der Waals surface area contributed by atoms with E-state index in [0.717, 1.165) is 88.4 Å². The minimum Gasteiger partial charge on any atom is -0.455 e. The normalized spacial score (nSPS) is 11.8. The molecule has 0 atom stereocenters. The summed E-state index contributed by atoms with van der Waals surface area (Å²) in [5.74, 6) is 2.65. The van der Waals surface area contributed by atoms with Gasteiger partial charge in [0.05, 0.1) is 10.9 Å². The molecule has 0 aliphatic carbocycles. The van der Waals surface area contributed by atoms with Crippen molar-refractivity contribution in [2.75, 3.05) is 0 Å². The van der Waals surface area contributed by atoms with Crippen molar-refractivity contribution in [1.82, 2.24) is 19.5 Å². The predicted octanol–water partition coefficient (Wildman–Crippen LogP) is 12.3. The lowest BCUT2D eigenvalue weighted by molar-refractivity contribution is 0.635. The van der Waals surface area contributed by atoms with Crippen LogP contribution in [0.1, 0.15) is 0 Å². The molecule has 0 saturated heterocycles. The molecule has 0 spiro atoms. The van der Waals surface area contributed by atoms with Crippen LogP contribution in [0, 0.1) is 0 Å². The van der Waals surface area contributed by atoms with Gasteiger partial charge in [-0.25, -0.2) is 15.0 Å². The first-order chi connectivity index (χ1) is 26.3. The Morgan fingerprint density at radius 3 is 1.66 bits per heavy atom. The molecule has 11 aromatic rings. The molecule has 0 saturated carbocycles. The Labute approximate surface area is 303 Å². The van der Waals surface area contributed by atoms with Gasteiger partial charge in [-0.2, -0.15) is 0 Å². The third-order valence-electron chi connectivity index (χ3n) is 10.0. The predicted molar refractivity (Wildman–Crippen MR) is 213 cm³/mol. The van der Waals surface area contributed by atoms with E-state index in [1.165, 1.54) is 0 Å². The Balaban J connectivity index is 1.21. The Bertz CT molecular complexity index is 3100. The molecule has 0 bridgehead atoms. The van der Waals surface area contributed by atoms with E-state index in [4.69, 9.17) is 23.8 Å². The highest BCUT2D eigenvalue weighted by Gasteiger charge is 2.26. The van der Waals surface area contributed by atoms with Crippen molar-refractivity contribution in [3.63, 3.8) is 0 Å². The van der Waals surface area contributed by atoms with Crippen molar-refractivity contribution < 1.29 is 8.83 Å². The largest absolute Gasteiger partial charge is 0.455 e. The van der Waals surface area contributed by atoms with Crippen molar-refractivity contribution in [3.8, 4) is 51.2 Å². The molecule has 0 unspecified atom stereocenters. The van der Waals surface area contributed by atoms with Crippen LogP contribution in [0.25, 0.3) is 106 Å². The molecule has 4 heterocycles. The highest BCUT2D eigenvalue weighted by Crippen LogP contribution is 2.47. The lowest BCUT2D eigenvalue weighted by atomic mass is 10.0. The molecule has 0 radical (unpaired) electrons. The topological polar surface area (TPSA) is 69.9 Å². The third-order valence-corrected chi connectivity index (χ3v) is 10.0. The minimum atomic E-state index is 0.593. The zero-order chi connectivity index (χ0) is 34.9. The van der Waals surface area contributed by atoms with Crippen LogP contribution in [-0.2, 0) is 0 Å². The second-order valence-corrected chi connectivity index (χ2v) is 13.2. The molecular weight excluding hydrogens is 653 g/mol. The Morgan fingerprint density at radius 1 is 0.396 bits per heavy atom. The molecule has 7 aromatic carbocycles. The lowest BCUT2D eigenvalue weighted by Gasteiger charge is -2.12. The van der Waals surface area contributed by atoms with Gasteiger partial charge in [-0.05, 0) is 30.3 Å². The maximum Gasteiger partial charge on any atom is 0.164 e. The third kappa shape index (κ3) is 4.63. The molecule has 6 nitrogen and oxygen atoms in total. The van der Waals surface area contributed by atoms with Gasteiger partial charge in [-0.3, -0.25) is 0 Å². The summed E-state index contributed by atoms with van der Waals surface area (Å²) in [6.45, 7) is 0. The van der Waals surface area contributed by atoms with Crippen LogP contribution in [0.4, 0.5) is 0 Å². The van der Waals surface area contributed by atoms with E-state index in [1.807, 2.05) is 91.0 Å². The molecule has 0 amide bonds. The van der Waals surface area contributed by atoms with Crippen LogP contribution in [-0.4, -0.2) is 19.5 Å². The zero-order valence-electron chi connectivity index (χ0n) is 28.3. The molecule has 0 aliphatic heterocycles. The van der Waals surface area contributed by atoms with Gasteiger partial charge in [0.15, 0.2) is 23.1 Å². The molecule has 0 N–H and O–H groups in total. The van der Waals surface area contributed by atoms with Gasteiger partial charge in [0.25, 0.3) is 0 Å². The Hall–Kier alpha value is -7.31. The maximum atomic E-state index is 6.87. The van der Waals surface area contributed by atoms with Crippen LogP contribution >= 0.6 is 0 Å². The van der Waals surface area contributed by atoms with Crippen LogP contribution in [0.3, 0.4) is 0 Å². The van der Waals surface area contributed by atoms with Crippen molar-refractivity contribution in [2.24, 2.45) is 0 Å². The average molecular weight is 681 g/mol. The number of benzene rings is 7. The summed E-state index contributed by atoms with van der Waals surface area (Å²) in [6.07, 6.45) is 0. The quantitative estimate of drug-likeness (QED) is 0.181. The lowest BCUT2D eigenvalue weighted by Crippen LogP contribution is -2.01. The minimum absolute atomic E-state index is 0.593. The molecular formula is C47H28N4O2. The van der Waals surface area contributed by atoms with Crippen molar-refractivity contribution in [2.45, 2.75) is 0 Å². The standard InChI is InChI=1S/C47H28N4O2/c1-4-15-29(16-5-1)39-28-36-40-35-24-11-13-26-38(35)52-44(40)42-41(43(36)53-39)34-23-10-12-25-37(34)51(42)33-22-14-21-32(27-33)47-49-45(30-17-6-2-7-18-30)48-46(50-47)31-19-8-3-9-20-31/h1-28H. The maximum absolute atomic E-state index is 6.87. The van der Waals surface area contributed by atoms with E-state index in [1.54, 1.807) is 0 Å². The van der Waals surface area contributed by atoms with Crippen molar-refractivity contribution >= 4 is 54.7 Å². The Morgan fingerprint density at radius 2 is 0.962 bits per heavy atom. The fraction of sp³-hybridized carbons (Fsp3) is 0. The SMILES string of the molecule is c1ccc(-c2nc(-c3ccccc3)nc(-c3cccc(-n4c5ccccc5c5c6oc(-c7ccccc7)cc6c6c7ccccc7oc6c54)c3)n2)cc1. The summed E-state index contributed by atoms with van der Waals surface area (Å²) < 4.78 is 16.0. The van der Waals surface area contributed by atoms with Gasteiger partial charge in [0.2, 0.25) is 0 Å². The van der Waals surface area contributed by atoms with E-state index >= 15 is 0 Å². The number of rotatable bonds is 5. The van der Waals surface area contributed by atoms with Crippen molar-refractivity contribution in [3.05, 3.63) is 170 Å².